The van der Waals surface area contributed by atoms with Crippen LogP contribution in [0.5, 0.6) is 0 Å². The lowest BCUT2D eigenvalue weighted by atomic mass is 9.76. The summed E-state index contributed by atoms with van der Waals surface area (Å²) in [5, 5.41) is 2.50. The Kier molecular flexibility index (Phi) is 7.20. The van der Waals surface area contributed by atoms with Crippen molar-refractivity contribution in [2.24, 2.45) is 0 Å². The second-order valence-electron chi connectivity index (χ2n) is 15.2. The molecule has 0 aromatic heterocycles. The lowest BCUT2D eigenvalue weighted by molar-refractivity contribution is 0.549. The SMILES string of the molecule is C(=Cc1ccc2cc(N3c4ccccc4Sc4ccccc43)ccc2c1)c1ccc2c(c1)C1(CCCC1)c1cc(N3CCCc4ccccc43)ccc1-2. The van der Waals surface area contributed by atoms with E-state index in [0.717, 1.165) is 6.54 Å². The standard InChI is InChI=1S/C50H40N2S/c1-2-12-45-36(10-1)11-9-29-51(45)39-24-26-42-41-25-20-35(31-43(41)50(44(42)33-39)27-7-8-28-50)18-17-34-19-21-38-32-40(23-22-37(38)30-34)52-46-13-3-5-15-48(46)53-49-16-6-4-14-47(49)52/h1-6,10,12-26,30-33H,7-9,11,27-29H2. The molecule has 2 heterocycles. The van der Waals surface area contributed by atoms with Crippen molar-refractivity contribution < 1.29 is 0 Å². The Balaban J connectivity index is 0.899. The Labute approximate surface area is 316 Å². The van der Waals surface area contributed by atoms with E-state index in [1.54, 1.807) is 5.56 Å². The predicted molar refractivity (Wildman–Crippen MR) is 225 cm³/mol. The first kappa shape index (κ1) is 31.1. The third-order valence-corrected chi connectivity index (χ3v) is 13.4. The molecule has 1 saturated carbocycles. The van der Waals surface area contributed by atoms with Gasteiger partial charge in [-0.15, -0.1) is 0 Å². The van der Waals surface area contributed by atoms with Gasteiger partial charge in [-0.1, -0.05) is 122 Å². The molecule has 0 saturated heterocycles. The summed E-state index contributed by atoms with van der Waals surface area (Å²) in [7, 11) is 0. The molecule has 1 spiro atoms. The first-order valence-corrected chi connectivity index (χ1v) is 20.1. The largest absolute Gasteiger partial charge is 0.341 e. The molecule has 2 aliphatic carbocycles. The highest BCUT2D eigenvalue weighted by Crippen LogP contribution is 2.58. The molecule has 0 N–H and O–H groups in total. The van der Waals surface area contributed by atoms with Crippen molar-refractivity contribution in [3.05, 3.63) is 173 Å². The van der Waals surface area contributed by atoms with Crippen LogP contribution in [0, 0.1) is 0 Å². The van der Waals surface area contributed by atoms with Crippen LogP contribution in [-0.2, 0) is 11.8 Å². The van der Waals surface area contributed by atoms with Crippen molar-refractivity contribution in [1.29, 1.82) is 0 Å². The summed E-state index contributed by atoms with van der Waals surface area (Å²) in [6.07, 6.45) is 12.0. The van der Waals surface area contributed by atoms with Crippen LogP contribution >= 0.6 is 11.8 Å². The van der Waals surface area contributed by atoms with Gasteiger partial charge >= 0.3 is 0 Å². The minimum atomic E-state index is 0.120. The van der Waals surface area contributed by atoms with Gasteiger partial charge in [-0.3, -0.25) is 0 Å². The van der Waals surface area contributed by atoms with Gasteiger partial charge in [-0.05, 0) is 136 Å². The number of hydrogen-bond acceptors (Lipinski definition) is 3. The molecule has 0 atom stereocenters. The number of fused-ring (bicyclic) bond motifs is 9. The Bertz CT molecular complexity index is 2560. The fraction of sp³-hybridized carbons (Fsp3) is 0.160. The van der Waals surface area contributed by atoms with Gasteiger partial charge in [-0.25, -0.2) is 0 Å². The van der Waals surface area contributed by atoms with E-state index in [1.165, 1.54) is 121 Å². The van der Waals surface area contributed by atoms with E-state index in [0.29, 0.717) is 0 Å². The number of hydrogen-bond donors (Lipinski definition) is 0. The predicted octanol–water partition coefficient (Wildman–Crippen LogP) is 13.9. The molecule has 3 heteroatoms. The van der Waals surface area contributed by atoms with E-state index in [-0.39, 0.29) is 5.41 Å². The molecule has 0 amide bonds. The van der Waals surface area contributed by atoms with Crippen LogP contribution in [0.3, 0.4) is 0 Å². The second-order valence-corrected chi connectivity index (χ2v) is 16.3. The molecule has 2 aliphatic heterocycles. The normalized spacial score (nSPS) is 16.5. The summed E-state index contributed by atoms with van der Waals surface area (Å²) in [6.45, 7) is 1.08. The average molecular weight is 701 g/mol. The molecule has 0 unspecified atom stereocenters. The molecule has 0 radical (unpaired) electrons. The minimum Gasteiger partial charge on any atom is -0.341 e. The topological polar surface area (TPSA) is 6.48 Å². The van der Waals surface area contributed by atoms with Crippen molar-refractivity contribution in [3.63, 3.8) is 0 Å². The molecule has 2 nitrogen and oxygen atoms in total. The molecule has 256 valence electrons. The van der Waals surface area contributed by atoms with Crippen LogP contribution in [0.25, 0.3) is 34.1 Å². The van der Waals surface area contributed by atoms with E-state index in [9.17, 15) is 0 Å². The van der Waals surface area contributed by atoms with Crippen LogP contribution in [0.1, 0.15) is 59.9 Å². The van der Waals surface area contributed by atoms with Gasteiger partial charge in [-0.2, -0.15) is 0 Å². The second kappa shape index (κ2) is 12.3. The van der Waals surface area contributed by atoms with Gasteiger partial charge in [0.1, 0.15) is 0 Å². The van der Waals surface area contributed by atoms with E-state index < -0.39 is 0 Å². The van der Waals surface area contributed by atoms with Crippen molar-refractivity contribution in [1.82, 2.24) is 0 Å². The lowest BCUT2D eigenvalue weighted by Gasteiger charge is -2.33. The fourth-order valence-electron chi connectivity index (χ4n) is 9.76. The van der Waals surface area contributed by atoms with Crippen molar-refractivity contribution in [3.8, 4) is 11.1 Å². The summed E-state index contributed by atoms with van der Waals surface area (Å²) in [5.41, 5.74) is 16.5. The minimum absolute atomic E-state index is 0.120. The van der Waals surface area contributed by atoms with E-state index in [2.05, 4.69) is 168 Å². The molecular weight excluding hydrogens is 661 g/mol. The fourth-order valence-corrected chi connectivity index (χ4v) is 10.8. The zero-order chi connectivity index (χ0) is 34.9. The summed E-state index contributed by atoms with van der Waals surface area (Å²) < 4.78 is 0. The summed E-state index contributed by atoms with van der Waals surface area (Å²) >= 11 is 1.85. The molecule has 7 aromatic rings. The highest BCUT2D eigenvalue weighted by Gasteiger charge is 2.45. The monoisotopic (exact) mass is 700 g/mol. The molecule has 7 aromatic carbocycles. The zero-order valence-electron chi connectivity index (χ0n) is 29.8. The molecule has 1 fully saturated rings. The maximum Gasteiger partial charge on any atom is 0.0601 e. The van der Waals surface area contributed by atoms with Crippen molar-refractivity contribution in [2.75, 3.05) is 16.3 Å². The van der Waals surface area contributed by atoms with Crippen LogP contribution in [-0.4, -0.2) is 6.54 Å². The Morgan fingerprint density at radius 1 is 0.509 bits per heavy atom. The Morgan fingerprint density at radius 2 is 1.11 bits per heavy atom. The van der Waals surface area contributed by atoms with E-state index in [1.807, 2.05) is 11.8 Å². The number of aryl methyl sites for hydroxylation is 1. The Morgan fingerprint density at radius 3 is 1.91 bits per heavy atom. The van der Waals surface area contributed by atoms with Crippen LogP contribution in [0.15, 0.2) is 155 Å². The highest BCUT2D eigenvalue weighted by molar-refractivity contribution is 7.99. The maximum atomic E-state index is 2.56. The lowest BCUT2D eigenvalue weighted by Crippen LogP contribution is -2.25. The van der Waals surface area contributed by atoms with Crippen LogP contribution in [0.4, 0.5) is 28.4 Å². The van der Waals surface area contributed by atoms with Crippen LogP contribution in [0.2, 0.25) is 0 Å². The van der Waals surface area contributed by atoms with E-state index >= 15 is 0 Å². The number of rotatable bonds is 4. The average Bonchev–Trinajstić information content (AvgIpc) is 3.82. The van der Waals surface area contributed by atoms with Gasteiger partial charge in [0.05, 0.1) is 11.4 Å². The van der Waals surface area contributed by atoms with Crippen LogP contribution < -0.4 is 9.80 Å². The van der Waals surface area contributed by atoms with Gasteiger partial charge in [0, 0.05) is 38.8 Å². The molecule has 11 rings (SSSR count). The molecular formula is C50H40N2S. The van der Waals surface area contributed by atoms with Gasteiger partial charge < -0.3 is 9.80 Å². The molecule has 0 bridgehead atoms. The van der Waals surface area contributed by atoms with E-state index in [4.69, 9.17) is 0 Å². The maximum absolute atomic E-state index is 2.56. The first-order valence-electron chi connectivity index (χ1n) is 19.2. The van der Waals surface area contributed by atoms with Crippen molar-refractivity contribution >= 4 is 63.1 Å². The third kappa shape index (κ3) is 5.01. The first-order chi connectivity index (χ1) is 26.2. The quantitative estimate of drug-likeness (QED) is 0.169. The summed E-state index contributed by atoms with van der Waals surface area (Å²) in [6, 6.07) is 54.8. The van der Waals surface area contributed by atoms with Gasteiger partial charge in [0.15, 0.2) is 0 Å². The highest BCUT2D eigenvalue weighted by atomic mass is 32.2. The summed E-state index contributed by atoms with van der Waals surface area (Å²) in [5.74, 6) is 0. The molecule has 4 aliphatic rings. The Hall–Kier alpha value is -5.51. The van der Waals surface area contributed by atoms with Gasteiger partial charge in [0.2, 0.25) is 0 Å². The third-order valence-electron chi connectivity index (χ3n) is 12.3. The molecule has 53 heavy (non-hydrogen) atoms. The zero-order valence-corrected chi connectivity index (χ0v) is 30.6. The van der Waals surface area contributed by atoms with Crippen molar-refractivity contribution in [2.45, 2.75) is 53.7 Å². The number of benzene rings is 7. The smallest absolute Gasteiger partial charge is 0.0601 e. The summed E-state index contributed by atoms with van der Waals surface area (Å²) in [4.78, 5) is 7.54. The number of anilines is 5. The number of para-hydroxylation sites is 3. The number of nitrogens with zero attached hydrogens (tertiary/aromatic N) is 2. The van der Waals surface area contributed by atoms with Gasteiger partial charge in [0.25, 0.3) is 0 Å².